The van der Waals surface area contributed by atoms with E-state index in [9.17, 15) is 14.4 Å². The Bertz CT molecular complexity index is 573. The first-order valence-corrected chi connectivity index (χ1v) is 11.7. The minimum atomic E-state index is -4.68. The van der Waals surface area contributed by atoms with Crippen molar-refractivity contribution in [3.05, 3.63) is 0 Å². The Morgan fingerprint density at radius 3 is 1.74 bits per heavy atom. The fourth-order valence-corrected chi connectivity index (χ4v) is 6.61. The molecule has 2 rings (SSSR count). The molecule has 10 heteroatoms. The Labute approximate surface area is 160 Å². The van der Waals surface area contributed by atoms with Gasteiger partial charge in [0, 0.05) is 0 Å². The monoisotopic (exact) mass is 405 g/mol. The van der Waals surface area contributed by atoms with Crippen LogP contribution in [0.15, 0.2) is 0 Å². The van der Waals surface area contributed by atoms with Crippen molar-refractivity contribution in [1.29, 1.82) is 0 Å². The molecule has 1 amide bonds. The quantitative estimate of drug-likeness (QED) is 0.623. The van der Waals surface area contributed by atoms with Gasteiger partial charge in [0.05, 0.1) is 0 Å². The van der Waals surface area contributed by atoms with E-state index in [0.717, 1.165) is 0 Å². The van der Waals surface area contributed by atoms with Gasteiger partial charge in [-0.2, -0.15) is 0 Å². The van der Waals surface area contributed by atoms with Gasteiger partial charge in [0.2, 0.25) is 0 Å². The van der Waals surface area contributed by atoms with E-state index in [0.29, 0.717) is 25.9 Å². The van der Waals surface area contributed by atoms with E-state index in [-0.39, 0.29) is 11.8 Å². The molecule has 2 fully saturated rings. The van der Waals surface area contributed by atoms with E-state index in [1.807, 2.05) is 41.5 Å². The number of nitrogens with zero attached hydrogens (tertiary/aromatic N) is 1. The summed E-state index contributed by atoms with van der Waals surface area (Å²) in [6.45, 7) is 12.1. The zero-order valence-corrected chi connectivity index (χ0v) is 17.9. The summed E-state index contributed by atoms with van der Waals surface area (Å²) in [7, 11) is -4.68. The third kappa shape index (κ3) is 3.91. The molecular weight excluding hydrogens is 373 g/mol. The maximum absolute atomic E-state index is 12.7. The van der Waals surface area contributed by atoms with Crippen LogP contribution in [0.5, 0.6) is 0 Å². The van der Waals surface area contributed by atoms with Gasteiger partial charge in [-0.25, -0.2) is 0 Å². The number of rotatable bonds is 7. The molecule has 2 N–H and O–H groups in total. The Morgan fingerprint density at radius 2 is 1.41 bits per heavy atom. The van der Waals surface area contributed by atoms with Crippen molar-refractivity contribution >= 4 is 25.6 Å². The summed E-state index contributed by atoms with van der Waals surface area (Å²) in [5.74, 6) is -1.34. The van der Waals surface area contributed by atoms with Crippen molar-refractivity contribution in [3.63, 3.8) is 0 Å². The maximum atomic E-state index is 12.7. The van der Waals surface area contributed by atoms with Crippen LogP contribution in [0.25, 0.3) is 0 Å². The summed E-state index contributed by atoms with van der Waals surface area (Å²) in [5.41, 5.74) is 0. The molecule has 1 spiro atoms. The number of nitrogens with one attached hydrogen (secondary N) is 2. The second-order valence-corrected chi connectivity index (χ2v) is 10.0. The topological polar surface area (TPSA) is 106 Å². The van der Waals surface area contributed by atoms with Crippen LogP contribution in [-0.4, -0.2) is 48.1 Å². The zero-order valence-electron chi connectivity index (χ0n) is 17.0. The molecule has 0 bridgehead atoms. The molecule has 0 saturated carbocycles. The van der Waals surface area contributed by atoms with Crippen LogP contribution in [0.2, 0.25) is 0 Å². The predicted molar refractivity (Wildman–Crippen MR) is 101 cm³/mol. The van der Waals surface area contributed by atoms with E-state index in [4.69, 9.17) is 13.6 Å². The first-order valence-electron chi connectivity index (χ1n) is 9.70. The number of hydrogen-bond acceptors (Lipinski definition) is 8. The Hall–Kier alpha value is -1.44. The first kappa shape index (κ1) is 21.9. The van der Waals surface area contributed by atoms with Crippen molar-refractivity contribution in [1.82, 2.24) is 15.1 Å². The van der Waals surface area contributed by atoms with Gasteiger partial charge in [-0.3, -0.25) is 0 Å². The second-order valence-electron chi connectivity index (χ2n) is 7.22. The van der Waals surface area contributed by atoms with Crippen LogP contribution in [0.1, 0.15) is 54.4 Å². The van der Waals surface area contributed by atoms with Gasteiger partial charge >= 0.3 is 160 Å². The molecule has 0 aliphatic carbocycles. The van der Waals surface area contributed by atoms with Crippen LogP contribution in [0.4, 0.5) is 4.79 Å². The molecular formula is C17H32N3O6P. The molecule has 156 valence electrons. The Morgan fingerprint density at radius 1 is 1.00 bits per heavy atom. The Balaban J connectivity index is 2.43. The molecule has 2 saturated heterocycles. The van der Waals surface area contributed by atoms with Gasteiger partial charge in [-0.15, -0.1) is 0 Å². The fraction of sp³-hybridized carbons (Fsp3) is 0.824. The molecule has 2 aliphatic rings. The molecule has 9 nitrogen and oxygen atoms in total. The van der Waals surface area contributed by atoms with Gasteiger partial charge < -0.3 is 0 Å². The molecule has 4 atom stereocenters. The Kier molecular flexibility index (Phi) is 6.39. The average molecular weight is 405 g/mol. The van der Waals surface area contributed by atoms with Crippen molar-refractivity contribution in [2.24, 2.45) is 11.8 Å². The minimum absolute atomic E-state index is 0.0886. The van der Waals surface area contributed by atoms with Gasteiger partial charge in [0.1, 0.15) is 0 Å². The van der Waals surface area contributed by atoms with Gasteiger partial charge in [0.15, 0.2) is 0 Å². The summed E-state index contributed by atoms with van der Waals surface area (Å²) in [4.78, 5) is 39.3. The van der Waals surface area contributed by atoms with Gasteiger partial charge in [-0.05, 0) is 0 Å². The molecule has 0 radical (unpaired) electrons. The van der Waals surface area contributed by atoms with Crippen LogP contribution in [-0.2, 0) is 23.2 Å². The number of hydrogen-bond donors (Lipinski definition) is 2. The van der Waals surface area contributed by atoms with Gasteiger partial charge in [0.25, 0.3) is 0 Å². The molecule has 0 aromatic rings. The van der Waals surface area contributed by atoms with E-state index < -0.39 is 37.7 Å². The number of amides is 1. The second kappa shape index (κ2) is 7.89. The molecule has 27 heavy (non-hydrogen) atoms. The van der Waals surface area contributed by atoms with Crippen LogP contribution in [0, 0.1) is 11.8 Å². The molecule has 2 aliphatic heterocycles. The van der Waals surface area contributed by atoms with Crippen molar-refractivity contribution in [2.75, 3.05) is 13.1 Å². The fourth-order valence-electron chi connectivity index (χ4n) is 3.15. The number of carbonyl (C=O) groups excluding carboxylic acids is 3. The summed E-state index contributed by atoms with van der Waals surface area (Å²) in [5, 5.41) is 5.98. The van der Waals surface area contributed by atoms with E-state index in [1.165, 1.54) is 4.90 Å². The molecule has 4 unspecified atom stereocenters. The predicted octanol–water partition coefficient (Wildman–Crippen LogP) is 2.72. The summed E-state index contributed by atoms with van der Waals surface area (Å²) < 4.78 is 16.9. The normalized spacial score (nSPS) is 29.3. The van der Waals surface area contributed by atoms with Crippen molar-refractivity contribution in [2.45, 2.75) is 66.5 Å². The van der Waals surface area contributed by atoms with Gasteiger partial charge in [-0.1, -0.05) is 0 Å². The van der Waals surface area contributed by atoms with Crippen LogP contribution < -0.4 is 10.2 Å². The van der Waals surface area contributed by atoms with Crippen molar-refractivity contribution < 1.29 is 28.0 Å². The van der Waals surface area contributed by atoms with E-state index >= 15 is 0 Å². The van der Waals surface area contributed by atoms with E-state index in [1.54, 1.807) is 0 Å². The third-order valence-electron chi connectivity index (χ3n) is 5.43. The van der Waals surface area contributed by atoms with E-state index in [2.05, 4.69) is 10.2 Å². The standard InChI is InChI=1S/C17H32N3O6P/c1-7-11(5)13-15(21)24-27(18-13,26-17(23)20(9-3)10-4)19-14(12(6)8-2)16(22)25-27/h11-14,18-19H,7-10H2,1-6H3. The number of carbonyl (C=O) groups is 3. The van der Waals surface area contributed by atoms with Crippen molar-refractivity contribution in [3.8, 4) is 0 Å². The summed E-state index contributed by atoms with van der Waals surface area (Å²) in [6.07, 6.45) is 0.700. The SMILES string of the molecule is CCC(C)C1NP2(OC(=O)N(CC)CC)(NC(C(C)CC)C(=O)O2)OC1=O. The third-order valence-corrected chi connectivity index (χ3v) is 8.39. The van der Waals surface area contributed by atoms with Crippen LogP contribution in [0.3, 0.4) is 0 Å². The summed E-state index contributed by atoms with van der Waals surface area (Å²) >= 11 is 0. The average Bonchev–Trinajstić information content (AvgIpc) is 3.08. The molecule has 0 aromatic heterocycles. The molecule has 2 heterocycles. The zero-order chi connectivity index (χ0) is 20.4. The molecule has 0 aromatic carbocycles. The first-order chi connectivity index (χ1) is 12.6. The summed E-state index contributed by atoms with van der Waals surface area (Å²) in [6, 6.07) is -1.46. The van der Waals surface area contributed by atoms with Crippen LogP contribution >= 0.6 is 7.59 Å².